The van der Waals surface area contributed by atoms with Crippen molar-refractivity contribution in [3.8, 4) is 11.3 Å². The fourth-order valence-corrected chi connectivity index (χ4v) is 3.35. The third-order valence-electron chi connectivity index (χ3n) is 4.86. The Bertz CT molecular complexity index is 726. The maximum Gasteiger partial charge on any atom is 0.323 e. The summed E-state index contributed by atoms with van der Waals surface area (Å²) in [6.45, 7) is 6.80. The van der Waals surface area contributed by atoms with E-state index in [1.165, 1.54) is 0 Å². The highest BCUT2D eigenvalue weighted by molar-refractivity contribution is 5.89. The molecular weight excluding hydrogens is 316 g/mol. The van der Waals surface area contributed by atoms with Gasteiger partial charge in [-0.25, -0.2) is 9.48 Å². The number of hydrogen-bond acceptors (Lipinski definition) is 3. The number of aliphatic hydroxyl groups excluding tert-OH is 1. The summed E-state index contributed by atoms with van der Waals surface area (Å²) in [6.07, 6.45) is 0.914. The molecule has 0 spiro atoms. The first-order chi connectivity index (χ1) is 12.0. The Kier molecular flexibility index (Phi) is 5.08. The van der Waals surface area contributed by atoms with E-state index < -0.39 is 0 Å². The van der Waals surface area contributed by atoms with Gasteiger partial charge in [0.1, 0.15) is 5.82 Å². The van der Waals surface area contributed by atoms with Crippen molar-refractivity contribution in [3.63, 3.8) is 0 Å². The van der Waals surface area contributed by atoms with E-state index in [2.05, 4.69) is 17.3 Å². The summed E-state index contributed by atoms with van der Waals surface area (Å²) in [7, 11) is 0. The van der Waals surface area contributed by atoms with Gasteiger partial charge < -0.3 is 10.0 Å². The SMILES string of the molecule is CC(C)n1nc(-c2ccccc2)cc1NC(=O)N1CC[C@H](C)[C@H]1CO. The second-order valence-electron chi connectivity index (χ2n) is 6.96. The zero-order valence-corrected chi connectivity index (χ0v) is 15.0. The van der Waals surface area contributed by atoms with Crippen LogP contribution in [0.25, 0.3) is 11.3 Å². The Morgan fingerprint density at radius 1 is 1.36 bits per heavy atom. The number of nitrogens with zero attached hydrogens (tertiary/aromatic N) is 3. The van der Waals surface area contributed by atoms with Crippen molar-refractivity contribution < 1.29 is 9.90 Å². The molecule has 25 heavy (non-hydrogen) atoms. The zero-order valence-electron chi connectivity index (χ0n) is 15.0. The lowest BCUT2D eigenvalue weighted by Gasteiger charge is -2.25. The third-order valence-corrected chi connectivity index (χ3v) is 4.86. The van der Waals surface area contributed by atoms with Crippen molar-refractivity contribution in [3.05, 3.63) is 36.4 Å². The molecular formula is C19H26N4O2. The Morgan fingerprint density at radius 2 is 2.08 bits per heavy atom. The summed E-state index contributed by atoms with van der Waals surface area (Å²) in [5.41, 5.74) is 1.85. The molecule has 1 aromatic carbocycles. The maximum atomic E-state index is 12.7. The molecule has 0 aliphatic carbocycles. The summed E-state index contributed by atoms with van der Waals surface area (Å²) in [6, 6.07) is 11.6. The van der Waals surface area contributed by atoms with E-state index >= 15 is 0 Å². The van der Waals surface area contributed by atoms with Gasteiger partial charge in [0.05, 0.1) is 18.3 Å². The fourth-order valence-electron chi connectivity index (χ4n) is 3.35. The number of anilines is 1. The largest absolute Gasteiger partial charge is 0.394 e. The van der Waals surface area contributed by atoms with Gasteiger partial charge >= 0.3 is 6.03 Å². The molecule has 2 aromatic rings. The highest BCUT2D eigenvalue weighted by Crippen LogP contribution is 2.27. The van der Waals surface area contributed by atoms with E-state index in [1.54, 1.807) is 4.90 Å². The Morgan fingerprint density at radius 3 is 2.72 bits per heavy atom. The first kappa shape index (κ1) is 17.5. The molecule has 1 aromatic heterocycles. The molecule has 2 atom stereocenters. The van der Waals surface area contributed by atoms with Gasteiger partial charge in [0.25, 0.3) is 0 Å². The van der Waals surface area contributed by atoms with Gasteiger partial charge in [-0.1, -0.05) is 37.3 Å². The van der Waals surface area contributed by atoms with Crippen molar-refractivity contribution >= 4 is 11.8 Å². The van der Waals surface area contributed by atoms with Crippen molar-refractivity contribution in [1.82, 2.24) is 14.7 Å². The molecule has 2 heterocycles. The van der Waals surface area contributed by atoms with Crippen LogP contribution in [0.2, 0.25) is 0 Å². The maximum absolute atomic E-state index is 12.7. The van der Waals surface area contributed by atoms with E-state index in [1.807, 2.05) is 54.9 Å². The van der Waals surface area contributed by atoms with E-state index in [9.17, 15) is 9.90 Å². The molecule has 3 rings (SSSR count). The number of amides is 2. The lowest BCUT2D eigenvalue weighted by atomic mass is 10.0. The third kappa shape index (κ3) is 3.54. The van der Waals surface area contributed by atoms with Crippen LogP contribution in [0, 0.1) is 5.92 Å². The number of likely N-dealkylation sites (tertiary alicyclic amines) is 1. The highest BCUT2D eigenvalue weighted by Gasteiger charge is 2.34. The molecule has 0 bridgehead atoms. The number of nitrogens with one attached hydrogen (secondary N) is 1. The number of hydrogen-bond donors (Lipinski definition) is 2. The second kappa shape index (κ2) is 7.27. The fraction of sp³-hybridized carbons (Fsp3) is 0.474. The average molecular weight is 342 g/mol. The Balaban J connectivity index is 1.84. The van der Waals surface area contributed by atoms with Crippen molar-refractivity contribution in [2.24, 2.45) is 5.92 Å². The molecule has 1 aliphatic heterocycles. The van der Waals surface area contributed by atoms with Gasteiger partial charge in [-0.15, -0.1) is 0 Å². The summed E-state index contributed by atoms with van der Waals surface area (Å²) in [5.74, 6) is 0.987. The van der Waals surface area contributed by atoms with Crippen LogP contribution in [-0.4, -0.2) is 45.0 Å². The predicted molar refractivity (Wildman–Crippen MR) is 98.4 cm³/mol. The zero-order chi connectivity index (χ0) is 18.0. The minimum atomic E-state index is -0.176. The van der Waals surface area contributed by atoms with Crippen LogP contribution in [0.5, 0.6) is 0 Å². The number of benzene rings is 1. The van der Waals surface area contributed by atoms with Crippen LogP contribution < -0.4 is 5.32 Å². The molecule has 2 N–H and O–H groups in total. The Labute approximate surface area is 148 Å². The van der Waals surface area contributed by atoms with Gasteiger partial charge in [-0.05, 0) is 26.2 Å². The molecule has 1 fully saturated rings. The number of aliphatic hydroxyl groups is 1. The van der Waals surface area contributed by atoms with Crippen LogP contribution in [0.3, 0.4) is 0 Å². The molecule has 6 nitrogen and oxygen atoms in total. The van der Waals surface area contributed by atoms with Crippen molar-refractivity contribution in [2.75, 3.05) is 18.5 Å². The highest BCUT2D eigenvalue weighted by atomic mass is 16.3. The second-order valence-corrected chi connectivity index (χ2v) is 6.96. The van der Waals surface area contributed by atoms with Crippen LogP contribution in [0.15, 0.2) is 36.4 Å². The first-order valence-electron chi connectivity index (χ1n) is 8.84. The average Bonchev–Trinajstić information content (AvgIpc) is 3.19. The molecule has 134 valence electrons. The molecule has 6 heteroatoms. The number of rotatable bonds is 4. The summed E-state index contributed by atoms with van der Waals surface area (Å²) in [4.78, 5) is 14.4. The van der Waals surface area contributed by atoms with Crippen molar-refractivity contribution in [1.29, 1.82) is 0 Å². The number of urea groups is 1. The number of aromatic nitrogens is 2. The minimum absolute atomic E-state index is 0.00665. The summed E-state index contributed by atoms with van der Waals surface area (Å²) in [5, 5.41) is 17.2. The van der Waals surface area contributed by atoms with E-state index in [0.717, 1.165) is 17.7 Å². The Hall–Kier alpha value is -2.34. The molecule has 1 aliphatic rings. The smallest absolute Gasteiger partial charge is 0.323 e. The monoisotopic (exact) mass is 342 g/mol. The minimum Gasteiger partial charge on any atom is -0.394 e. The van der Waals surface area contributed by atoms with Gasteiger partial charge in [-0.2, -0.15) is 5.10 Å². The standard InChI is InChI=1S/C19H26N4O2/c1-13(2)23-18(11-16(21-23)15-7-5-4-6-8-15)20-19(25)22-10-9-14(3)17(22)12-24/h4-8,11,13-14,17,24H,9-10,12H2,1-3H3,(H,20,25)/t14-,17+/m0/s1. The van der Waals surface area contributed by atoms with Crippen LogP contribution in [0.4, 0.5) is 10.6 Å². The normalized spacial score (nSPS) is 20.3. The molecule has 0 radical (unpaired) electrons. The van der Waals surface area contributed by atoms with E-state index in [0.29, 0.717) is 18.3 Å². The number of carbonyl (C=O) groups is 1. The first-order valence-corrected chi connectivity index (χ1v) is 8.84. The number of carbonyl (C=O) groups excluding carboxylic acids is 1. The van der Waals surface area contributed by atoms with Gasteiger partial charge in [0.15, 0.2) is 0 Å². The quantitative estimate of drug-likeness (QED) is 0.895. The lowest BCUT2D eigenvalue weighted by molar-refractivity contribution is 0.152. The molecule has 0 unspecified atom stereocenters. The van der Waals surface area contributed by atoms with Crippen LogP contribution >= 0.6 is 0 Å². The molecule has 1 saturated heterocycles. The van der Waals surface area contributed by atoms with Crippen molar-refractivity contribution in [2.45, 2.75) is 39.3 Å². The van der Waals surface area contributed by atoms with Gasteiger partial charge in [0, 0.05) is 24.2 Å². The van der Waals surface area contributed by atoms with E-state index in [-0.39, 0.29) is 24.7 Å². The predicted octanol–water partition coefficient (Wildman–Crippen LogP) is 3.37. The molecule has 2 amide bonds. The van der Waals surface area contributed by atoms with Crippen LogP contribution in [0.1, 0.15) is 33.2 Å². The summed E-state index contributed by atoms with van der Waals surface area (Å²) >= 11 is 0. The molecule has 0 saturated carbocycles. The van der Waals surface area contributed by atoms with Gasteiger partial charge in [-0.3, -0.25) is 5.32 Å². The topological polar surface area (TPSA) is 70.4 Å². The summed E-state index contributed by atoms with van der Waals surface area (Å²) < 4.78 is 1.83. The van der Waals surface area contributed by atoms with Gasteiger partial charge in [0.2, 0.25) is 0 Å². The van der Waals surface area contributed by atoms with Crippen LogP contribution in [-0.2, 0) is 0 Å². The van der Waals surface area contributed by atoms with E-state index in [4.69, 9.17) is 0 Å². The lowest BCUT2D eigenvalue weighted by Crippen LogP contribution is -2.42.